The van der Waals surface area contributed by atoms with Crippen molar-refractivity contribution < 1.29 is 14.6 Å². The molecule has 0 spiro atoms. The molecule has 0 saturated carbocycles. The number of aliphatic hydroxyl groups excluding tert-OH is 1. The number of aliphatic hydroxyl groups is 1. The summed E-state index contributed by atoms with van der Waals surface area (Å²) in [6.07, 6.45) is 1.58. The lowest BCUT2D eigenvalue weighted by atomic mass is 10.1. The molecule has 0 aromatic rings. The molecule has 1 saturated heterocycles. The van der Waals surface area contributed by atoms with Gasteiger partial charge in [0.1, 0.15) is 0 Å². The standard InChI is InChI=1S/C9H18O3/c1-7(10)4-5-8-6-11-9(2,3)12-8/h7-8,10H,4-6H2,1-3H3. The normalized spacial score (nSPS) is 30.5. The minimum absolute atomic E-state index is 0.162. The van der Waals surface area contributed by atoms with Gasteiger partial charge in [-0.25, -0.2) is 0 Å². The van der Waals surface area contributed by atoms with E-state index < -0.39 is 5.79 Å². The Morgan fingerprint density at radius 3 is 2.67 bits per heavy atom. The van der Waals surface area contributed by atoms with Gasteiger partial charge in [-0.05, 0) is 33.6 Å². The van der Waals surface area contributed by atoms with Gasteiger partial charge < -0.3 is 14.6 Å². The number of ether oxygens (including phenoxy) is 2. The highest BCUT2D eigenvalue weighted by molar-refractivity contribution is 4.71. The first-order chi connectivity index (χ1) is 5.49. The van der Waals surface area contributed by atoms with Gasteiger partial charge in [0.15, 0.2) is 5.79 Å². The van der Waals surface area contributed by atoms with E-state index in [0.29, 0.717) is 6.61 Å². The highest BCUT2D eigenvalue weighted by Gasteiger charge is 2.32. The van der Waals surface area contributed by atoms with Crippen molar-refractivity contribution in [2.75, 3.05) is 6.61 Å². The number of hydrogen-bond acceptors (Lipinski definition) is 3. The van der Waals surface area contributed by atoms with Crippen LogP contribution in [0.5, 0.6) is 0 Å². The summed E-state index contributed by atoms with van der Waals surface area (Å²) < 4.78 is 10.9. The van der Waals surface area contributed by atoms with Gasteiger partial charge in [0.05, 0.1) is 18.8 Å². The lowest BCUT2D eigenvalue weighted by molar-refractivity contribution is -0.139. The maximum Gasteiger partial charge on any atom is 0.163 e. The highest BCUT2D eigenvalue weighted by atomic mass is 16.7. The average Bonchev–Trinajstić information content (AvgIpc) is 2.26. The Bertz CT molecular complexity index is 143. The molecule has 1 aliphatic rings. The Balaban J connectivity index is 2.20. The van der Waals surface area contributed by atoms with Crippen molar-refractivity contribution in [1.29, 1.82) is 0 Å². The van der Waals surface area contributed by atoms with Crippen LogP contribution in [0.2, 0.25) is 0 Å². The maximum absolute atomic E-state index is 9.05. The third-order valence-electron chi connectivity index (χ3n) is 1.97. The molecular weight excluding hydrogens is 156 g/mol. The van der Waals surface area contributed by atoms with E-state index in [4.69, 9.17) is 14.6 Å². The molecule has 12 heavy (non-hydrogen) atoms. The first-order valence-corrected chi connectivity index (χ1v) is 4.49. The summed E-state index contributed by atoms with van der Waals surface area (Å²) >= 11 is 0. The number of hydrogen-bond donors (Lipinski definition) is 1. The summed E-state index contributed by atoms with van der Waals surface area (Å²) in [5.74, 6) is -0.427. The first kappa shape index (κ1) is 9.96. The molecule has 0 aromatic heterocycles. The van der Waals surface area contributed by atoms with E-state index in [-0.39, 0.29) is 12.2 Å². The zero-order chi connectivity index (χ0) is 9.19. The van der Waals surface area contributed by atoms with Crippen molar-refractivity contribution in [3.63, 3.8) is 0 Å². The first-order valence-electron chi connectivity index (χ1n) is 4.49. The fourth-order valence-electron chi connectivity index (χ4n) is 1.33. The summed E-state index contributed by atoms with van der Waals surface area (Å²) in [7, 11) is 0. The van der Waals surface area contributed by atoms with Gasteiger partial charge in [-0.3, -0.25) is 0 Å². The van der Waals surface area contributed by atoms with Gasteiger partial charge in [-0.15, -0.1) is 0 Å². The summed E-state index contributed by atoms with van der Waals surface area (Å²) in [6.45, 7) is 6.27. The predicted octanol–water partition coefficient (Wildman–Crippen LogP) is 1.30. The summed E-state index contributed by atoms with van der Waals surface area (Å²) in [5, 5.41) is 9.05. The lowest BCUT2D eigenvalue weighted by Crippen LogP contribution is -2.21. The van der Waals surface area contributed by atoms with Gasteiger partial charge in [0.25, 0.3) is 0 Å². The molecule has 1 N–H and O–H groups in total. The van der Waals surface area contributed by atoms with Crippen molar-refractivity contribution in [3.8, 4) is 0 Å². The van der Waals surface area contributed by atoms with E-state index in [0.717, 1.165) is 12.8 Å². The Labute approximate surface area is 73.7 Å². The molecule has 0 aliphatic carbocycles. The van der Waals surface area contributed by atoms with Crippen molar-refractivity contribution in [3.05, 3.63) is 0 Å². The van der Waals surface area contributed by atoms with Crippen LogP contribution in [-0.2, 0) is 9.47 Å². The summed E-state index contributed by atoms with van der Waals surface area (Å²) in [5.41, 5.74) is 0. The molecule has 2 atom stereocenters. The van der Waals surface area contributed by atoms with Crippen LogP contribution in [0.4, 0.5) is 0 Å². The van der Waals surface area contributed by atoms with Gasteiger partial charge in [-0.1, -0.05) is 0 Å². The van der Waals surface area contributed by atoms with Crippen LogP contribution in [0.1, 0.15) is 33.6 Å². The summed E-state index contributed by atoms with van der Waals surface area (Å²) in [4.78, 5) is 0. The van der Waals surface area contributed by atoms with Gasteiger partial charge in [-0.2, -0.15) is 0 Å². The molecule has 0 bridgehead atoms. The Kier molecular flexibility index (Phi) is 3.09. The van der Waals surface area contributed by atoms with E-state index in [1.54, 1.807) is 6.92 Å². The average molecular weight is 174 g/mol. The predicted molar refractivity (Wildman–Crippen MR) is 45.8 cm³/mol. The van der Waals surface area contributed by atoms with Crippen LogP contribution >= 0.6 is 0 Å². The van der Waals surface area contributed by atoms with Crippen molar-refractivity contribution in [2.24, 2.45) is 0 Å². The second kappa shape index (κ2) is 3.73. The highest BCUT2D eigenvalue weighted by Crippen LogP contribution is 2.24. The van der Waals surface area contributed by atoms with Gasteiger partial charge in [0.2, 0.25) is 0 Å². The molecule has 1 aliphatic heterocycles. The molecule has 2 unspecified atom stereocenters. The van der Waals surface area contributed by atoms with E-state index >= 15 is 0 Å². The molecule has 3 heteroatoms. The largest absolute Gasteiger partial charge is 0.393 e. The third-order valence-corrected chi connectivity index (χ3v) is 1.97. The Morgan fingerprint density at radius 2 is 2.25 bits per heavy atom. The maximum atomic E-state index is 9.05. The lowest BCUT2D eigenvalue weighted by Gasteiger charge is -2.17. The van der Waals surface area contributed by atoms with Crippen LogP contribution in [-0.4, -0.2) is 29.7 Å². The molecule has 72 valence electrons. The van der Waals surface area contributed by atoms with E-state index in [1.165, 1.54) is 0 Å². The smallest absolute Gasteiger partial charge is 0.163 e. The van der Waals surface area contributed by atoms with Crippen LogP contribution in [0.15, 0.2) is 0 Å². The second-order valence-electron chi connectivity index (χ2n) is 3.88. The molecule has 0 radical (unpaired) electrons. The third kappa shape index (κ3) is 3.09. The van der Waals surface area contributed by atoms with Crippen LogP contribution in [0.25, 0.3) is 0 Å². The van der Waals surface area contributed by atoms with E-state index in [2.05, 4.69) is 0 Å². The molecule has 1 rings (SSSR count). The molecule has 3 nitrogen and oxygen atoms in total. The van der Waals surface area contributed by atoms with Crippen LogP contribution in [0, 0.1) is 0 Å². The topological polar surface area (TPSA) is 38.7 Å². The van der Waals surface area contributed by atoms with Gasteiger partial charge >= 0.3 is 0 Å². The number of rotatable bonds is 3. The van der Waals surface area contributed by atoms with Crippen LogP contribution in [0.3, 0.4) is 0 Å². The molecule has 1 fully saturated rings. The minimum atomic E-state index is -0.427. The molecule has 0 amide bonds. The molecular formula is C9H18O3. The zero-order valence-electron chi connectivity index (χ0n) is 8.04. The Morgan fingerprint density at radius 1 is 1.58 bits per heavy atom. The molecule has 0 aromatic carbocycles. The summed E-state index contributed by atoms with van der Waals surface area (Å²) in [6, 6.07) is 0. The second-order valence-corrected chi connectivity index (χ2v) is 3.88. The van der Waals surface area contributed by atoms with Crippen molar-refractivity contribution >= 4 is 0 Å². The molecule has 1 heterocycles. The van der Waals surface area contributed by atoms with E-state index in [1.807, 2.05) is 13.8 Å². The van der Waals surface area contributed by atoms with Crippen molar-refractivity contribution in [1.82, 2.24) is 0 Å². The zero-order valence-corrected chi connectivity index (χ0v) is 8.04. The fraction of sp³-hybridized carbons (Fsp3) is 1.00. The SMILES string of the molecule is CC(O)CCC1COC(C)(C)O1. The Hall–Kier alpha value is -0.120. The van der Waals surface area contributed by atoms with Crippen molar-refractivity contribution in [2.45, 2.75) is 51.6 Å². The monoisotopic (exact) mass is 174 g/mol. The van der Waals surface area contributed by atoms with E-state index in [9.17, 15) is 0 Å². The fourth-order valence-corrected chi connectivity index (χ4v) is 1.33. The van der Waals surface area contributed by atoms with Gasteiger partial charge in [0, 0.05) is 0 Å². The van der Waals surface area contributed by atoms with Crippen LogP contribution < -0.4 is 0 Å². The minimum Gasteiger partial charge on any atom is -0.393 e. The quantitative estimate of drug-likeness (QED) is 0.701.